The van der Waals surface area contributed by atoms with Crippen LogP contribution in [0.4, 0.5) is 4.79 Å². The Hall–Kier alpha value is -1.26. The van der Waals surface area contributed by atoms with Crippen LogP contribution in [0.2, 0.25) is 5.02 Å². The number of rotatable bonds is 3. The molecule has 1 aromatic rings. The van der Waals surface area contributed by atoms with E-state index in [9.17, 15) is 4.79 Å². The molecule has 0 radical (unpaired) electrons. The zero-order valence-electron chi connectivity index (χ0n) is 14.0. The van der Waals surface area contributed by atoms with Gasteiger partial charge in [-0.05, 0) is 57.2 Å². The number of amides is 1. The zero-order chi connectivity index (χ0) is 16.6. The first kappa shape index (κ1) is 16.6. The first-order chi connectivity index (χ1) is 10.8. The summed E-state index contributed by atoms with van der Waals surface area (Å²) in [6, 6.07) is 9.12. The maximum Gasteiger partial charge on any atom is 0.410 e. The largest absolute Gasteiger partial charge is 0.444 e. The van der Waals surface area contributed by atoms with Gasteiger partial charge >= 0.3 is 6.09 Å². The summed E-state index contributed by atoms with van der Waals surface area (Å²) in [6.07, 6.45) is 2.11. The second-order valence-electron chi connectivity index (χ2n) is 7.67. The lowest BCUT2D eigenvalue weighted by molar-refractivity contribution is 0.00259. The van der Waals surface area contributed by atoms with Crippen LogP contribution < -0.4 is 5.32 Å². The van der Waals surface area contributed by atoms with Gasteiger partial charge in [-0.15, -0.1) is 0 Å². The Bertz CT molecular complexity index is 555. The molecule has 1 aromatic carbocycles. The van der Waals surface area contributed by atoms with Crippen molar-refractivity contribution in [1.29, 1.82) is 0 Å². The summed E-state index contributed by atoms with van der Waals surface area (Å²) >= 11 is 5.93. The second-order valence-corrected chi connectivity index (χ2v) is 8.10. The smallest absolute Gasteiger partial charge is 0.410 e. The minimum Gasteiger partial charge on any atom is -0.444 e. The summed E-state index contributed by atoms with van der Waals surface area (Å²) < 4.78 is 5.37. The normalized spacial score (nSPS) is 24.8. The van der Waals surface area contributed by atoms with Crippen molar-refractivity contribution in [2.24, 2.45) is 0 Å². The van der Waals surface area contributed by atoms with Gasteiger partial charge in [0.2, 0.25) is 0 Å². The predicted octanol–water partition coefficient (Wildman–Crippen LogP) is 3.79. The van der Waals surface area contributed by atoms with E-state index in [4.69, 9.17) is 16.3 Å². The number of ether oxygens (including phenoxy) is 1. The van der Waals surface area contributed by atoms with Gasteiger partial charge in [0.25, 0.3) is 0 Å². The van der Waals surface area contributed by atoms with Crippen LogP contribution in [0.1, 0.15) is 45.1 Å². The molecule has 126 valence electrons. The number of hydrogen-bond donors (Lipinski definition) is 1. The second kappa shape index (κ2) is 6.33. The Morgan fingerprint density at radius 1 is 1.17 bits per heavy atom. The molecule has 0 aromatic heterocycles. The average Bonchev–Trinajstić information content (AvgIpc) is 2.34. The van der Waals surface area contributed by atoms with Gasteiger partial charge in [-0.3, -0.25) is 0 Å². The maximum absolute atomic E-state index is 11.9. The molecule has 23 heavy (non-hydrogen) atoms. The van der Waals surface area contributed by atoms with Gasteiger partial charge in [0.1, 0.15) is 5.60 Å². The van der Waals surface area contributed by atoms with Crippen molar-refractivity contribution in [3.63, 3.8) is 0 Å². The van der Waals surface area contributed by atoms with Crippen LogP contribution >= 0.6 is 11.6 Å². The molecular weight excluding hydrogens is 312 g/mol. The van der Waals surface area contributed by atoms with E-state index in [0.29, 0.717) is 18.0 Å². The highest BCUT2D eigenvalue weighted by molar-refractivity contribution is 6.30. The van der Waals surface area contributed by atoms with Gasteiger partial charge in [0.15, 0.2) is 0 Å². The molecule has 1 aliphatic carbocycles. The molecule has 2 fully saturated rings. The first-order valence-electron chi connectivity index (χ1n) is 8.29. The van der Waals surface area contributed by atoms with Gasteiger partial charge in [-0.1, -0.05) is 23.7 Å². The van der Waals surface area contributed by atoms with Crippen LogP contribution in [0.3, 0.4) is 0 Å². The van der Waals surface area contributed by atoms with Crippen LogP contribution in [-0.4, -0.2) is 41.8 Å². The summed E-state index contributed by atoms with van der Waals surface area (Å²) in [4.78, 5) is 13.6. The van der Waals surface area contributed by atoms with Gasteiger partial charge in [-0.25, -0.2) is 4.79 Å². The fraction of sp³-hybridized carbons (Fsp3) is 0.611. The van der Waals surface area contributed by atoms with Gasteiger partial charge in [0.05, 0.1) is 0 Å². The lowest BCUT2D eigenvalue weighted by atomic mass is 9.75. The van der Waals surface area contributed by atoms with E-state index in [1.54, 1.807) is 4.90 Å². The Morgan fingerprint density at radius 2 is 1.78 bits per heavy atom. The summed E-state index contributed by atoms with van der Waals surface area (Å²) in [5.41, 5.74) is 0.950. The molecule has 0 bridgehead atoms. The molecule has 3 rings (SSSR count). The van der Waals surface area contributed by atoms with Gasteiger partial charge < -0.3 is 15.0 Å². The Kier molecular flexibility index (Phi) is 4.56. The number of nitrogens with one attached hydrogen (secondary N) is 1. The lowest BCUT2D eigenvalue weighted by Gasteiger charge is -2.45. The van der Waals surface area contributed by atoms with Crippen LogP contribution in [0.5, 0.6) is 0 Å². The topological polar surface area (TPSA) is 41.6 Å². The van der Waals surface area contributed by atoms with E-state index in [2.05, 4.69) is 17.4 Å². The highest BCUT2D eigenvalue weighted by Gasteiger charge is 2.38. The van der Waals surface area contributed by atoms with E-state index >= 15 is 0 Å². The molecule has 1 N–H and O–H groups in total. The molecule has 2 aliphatic rings. The highest BCUT2D eigenvalue weighted by atomic mass is 35.5. The molecule has 0 spiro atoms. The van der Waals surface area contributed by atoms with Crippen molar-refractivity contribution in [1.82, 2.24) is 10.2 Å². The fourth-order valence-corrected chi connectivity index (χ4v) is 3.28. The van der Waals surface area contributed by atoms with E-state index in [1.807, 2.05) is 32.9 Å². The van der Waals surface area contributed by atoms with E-state index in [0.717, 1.165) is 31.0 Å². The van der Waals surface area contributed by atoms with Crippen molar-refractivity contribution >= 4 is 17.7 Å². The Morgan fingerprint density at radius 3 is 2.35 bits per heavy atom. The van der Waals surface area contributed by atoms with Crippen molar-refractivity contribution in [2.45, 2.75) is 57.2 Å². The lowest BCUT2D eigenvalue weighted by Crippen LogP contribution is -2.63. The molecule has 0 atom stereocenters. The van der Waals surface area contributed by atoms with Crippen LogP contribution in [0.25, 0.3) is 0 Å². The summed E-state index contributed by atoms with van der Waals surface area (Å²) in [7, 11) is 0. The number of carbonyl (C=O) groups excluding carboxylic acids is 1. The summed E-state index contributed by atoms with van der Waals surface area (Å²) in [5.74, 6) is 0.631. The molecule has 1 saturated heterocycles. The first-order valence-corrected chi connectivity index (χ1v) is 8.67. The standard InChI is InChI=1S/C18H25ClN2O2/c1-18(2,3)23-17(22)21-10-16(11-21)20-15-8-13(9-15)12-4-6-14(19)7-5-12/h4-7,13,15-16,20H,8-11H2,1-3H3. The van der Waals surface area contributed by atoms with Crippen molar-refractivity contribution in [2.75, 3.05) is 13.1 Å². The number of likely N-dealkylation sites (tertiary alicyclic amines) is 1. The fourth-order valence-electron chi connectivity index (χ4n) is 3.15. The zero-order valence-corrected chi connectivity index (χ0v) is 14.8. The maximum atomic E-state index is 11.9. The number of nitrogens with zero attached hydrogens (tertiary/aromatic N) is 1. The van der Waals surface area contributed by atoms with E-state index < -0.39 is 5.60 Å². The predicted molar refractivity (Wildman–Crippen MR) is 91.9 cm³/mol. The number of benzene rings is 1. The van der Waals surface area contributed by atoms with Crippen molar-refractivity contribution in [3.05, 3.63) is 34.9 Å². The Labute approximate surface area is 143 Å². The third-order valence-corrected chi connectivity index (χ3v) is 4.74. The van der Waals surface area contributed by atoms with Gasteiger partial charge in [-0.2, -0.15) is 0 Å². The van der Waals surface area contributed by atoms with Crippen LogP contribution in [0.15, 0.2) is 24.3 Å². The van der Waals surface area contributed by atoms with E-state index in [-0.39, 0.29) is 6.09 Å². The van der Waals surface area contributed by atoms with E-state index in [1.165, 1.54) is 5.56 Å². The molecule has 5 heteroatoms. The third-order valence-electron chi connectivity index (χ3n) is 4.48. The molecule has 4 nitrogen and oxygen atoms in total. The average molecular weight is 337 g/mol. The van der Waals surface area contributed by atoms with Crippen LogP contribution in [-0.2, 0) is 4.74 Å². The monoisotopic (exact) mass is 336 g/mol. The minimum atomic E-state index is -0.421. The van der Waals surface area contributed by atoms with Crippen molar-refractivity contribution in [3.8, 4) is 0 Å². The number of halogens is 1. The summed E-state index contributed by atoms with van der Waals surface area (Å²) in [6.45, 7) is 7.18. The van der Waals surface area contributed by atoms with Gasteiger partial charge in [0, 0.05) is 30.2 Å². The number of carbonyl (C=O) groups is 1. The molecule has 0 unspecified atom stereocenters. The number of hydrogen-bond acceptors (Lipinski definition) is 3. The molecule has 1 saturated carbocycles. The third kappa shape index (κ3) is 4.18. The molecule has 1 aliphatic heterocycles. The summed E-state index contributed by atoms with van der Waals surface area (Å²) in [5, 5.41) is 4.43. The molecular formula is C18H25ClN2O2. The van der Waals surface area contributed by atoms with Crippen LogP contribution in [0, 0.1) is 0 Å². The molecule has 1 amide bonds. The quantitative estimate of drug-likeness (QED) is 0.913. The minimum absolute atomic E-state index is 0.205. The SMILES string of the molecule is CC(C)(C)OC(=O)N1CC(NC2CC(c3ccc(Cl)cc3)C2)C1. The highest BCUT2D eigenvalue weighted by Crippen LogP contribution is 2.37. The Balaban J connectivity index is 1.36. The molecule has 1 heterocycles. The van der Waals surface area contributed by atoms with Crippen molar-refractivity contribution < 1.29 is 9.53 Å².